The van der Waals surface area contributed by atoms with Gasteiger partial charge < -0.3 is 10.3 Å². The van der Waals surface area contributed by atoms with Gasteiger partial charge in [-0.15, -0.1) is 0 Å². The van der Waals surface area contributed by atoms with Crippen molar-refractivity contribution in [1.29, 1.82) is 0 Å². The van der Waals surface area contributed by atoms with E-state index >= 15 is 0 Å². The van der Waals surface area contributed by atoms with Crippen LogP contribution in [0.2, 0.25) is 0 Å². The molecule has 0 fully saturated rings. The largest absolute Gasteiger partial charge is 0.349 e. The topological polar surface area (TPSA) is 58.5 Å². The summed E-state index contributed by atoms with van der Waals surface area (Å²) >= 11 is 0. The monoisotopic (exact) mass is 233 g/mol. The van der Waals surface area contributed by atoms with Gasteiger partial charge in [0.25, 0.3) is 0 Å². The van der Waals surface area contributed by atoms with Gasteiger partial charge in [-0.1, -0.05) is 0 Å². The Labute approximate surface area is 101 Å². The fraction of sp³-hybridized carbons (Fsp3) is 0.500. The van der Waals surface area contributed by atoms with E-state index in [1.54, 1.807) is 6.20 Å². The van der Waals surface area contributed by atoms with Crippen molar-refractivity contribution in [3.8, 4) is 0 Å². The quantitative estimate of drug-likeness (QED) is 0.736. The molecule has 0 atom stereocenters. The Morgan fingerprint density at radius 2 is 2.35 bits per heavy atom. The van der Waals surface area contributed by atoms with Crippen molar-refractivity contribution < 1.29 is 0 Å². The van der Waals surface area contributed by atoms with Crippen molar-refractivity contribution in [2.24, 2.45) is 7.05 Å². The first kappa shape index (κ1) is 11.9. The van der Waals surface area contributed by atoms with Crippen LogP contribution < -0.4 is 5.32 Å². The summed E-state index contributed by atoms with van der Waals surface area (Å²) in [4.78, 5) is 7.30. The summed E-state index contributed by atoms with van der Waals surface area (Å²) in [6.45, 7) is 3.92. The lowest BCUT2D eigenvalue weighted by Gasteiger charge is -2.02. The van der Waals surface area contributed by atoms with Gasteiger partial charge in [0.05, 0.1) is 5.69 Å². The zero-order valence-corrected chi connectivity index (χ0v) is 10.4. The van der Waals surface area contributed by atoms with Crippen molar-refractivity contribution >= 4 is 0 Å². The molecular weight excluding hydrogens is 214 g/mol. The lowest BCUT2D eigenvalue weighted by molar-refractivity contribution is 0.639. The molecule has 0 aromatic carbocycles. The predicted molar refractivity (Wildman–Crippen MR) is 66.6 cm³/mol. The Morgan fingerprint density at radius 1 is 1.47 bits per heavy atom. The number of aromatic nitrogens is 4. The van der Waals surface area contributed by atoms with Crippen LogP contribution in [0, 0.1) is 6.92 Å². The maximum atomic E-state index is 4.31. The number of rotatable bonds is 6. The summed E-state index contributed by atoms with van der Waals surface area (Å²) in [5, 5.41) is 7.74. The molecule has 2 N–H and O–H groups in total. The Hall–Kier alpha value is -1.62. The van der Waals surface area contributed by atoms with Gasteiger partial charge in [-0.2, -0.15) is 5.10 Å². The normalized spacial score (nSPS) is 10.9. The Kier molecular flexibility index (Phi) is 3.93. The fourth-order valence-electron chi connectivity index (χ4n) is 1.86. The first-order valence-electron chi connectivity index (χ1n) is 5.94. The van der Waals surface area contributed by atoms with E-state index in [9.17, 15) is 0 Å². The minimum atomic E-state index is 0.887. The van der Waals surface area contributed by atoms with Crippen LogP contribution in [-0.4, -0.2) is 26.3 Å². The summed E-state index contributed by atoms with van der Waals surface area (Å²) in [7, 11) is 1.95. The maximum absolute atomic E-state index is 4.31. The number of imidazole rings is 1. The highest BCUT2D eigenvalue weighted by Crippen LogP contribution is 2.03. The van der Waals surface area contributed by atoms with Crippen LogP contribution in [-0.2, 0) is 20.0 Å². The van der Waals surface area contributed by atoms with Gasteiger partial charge in [0.15, 0.2) is 0 Å². The molecule has 0 saturated heterocycles. The minimum Gasteiger partial charge on any atom is -0.349 e. The predicted octanol–water partition coefficient (Wildman–Crippen LogP) is 1.17. The maximum Gasteiger partial charge on any atom is 0.106 e. The average Bonchev–Trinajstić information content (AvgIpc) is 2.89. The highest BCUT2D eigenvalue weighted by molar-refractivity contribution is 5.14. The highest BCUT2D eigenvalue weighted by atomic mass is 15.2. The van der Waals surface area contributed by atoms with Crippen molar-refractivity contribution in [1.82, 2.24) is 25.1 Å². The SMILES string of the molecule is Cc1nn(C)cc1CNCCCc1ncc[nH]1. The number of aromatic amines is 1. The number of aryl methyl sites for hydroxylation is 3. The Morgan fingerprint density at radius 3 is 3.00 bits per heavy atom. The van der Waals surface area contributed by atoms with E-state index in [1.807, 2.05) is 24.9 Å². The van der Waals surface area contributed by atoms with E-state index in [0.29, 0.717) is 0 Å². The molecular formula is C12H19N5. The minimum absolute atomic E-state index is 0.887. The molecule has 5 heteroatoms. The van der Waals surface area contributed by atoms with Crippen LogP contribution in [0.4, 0.5) is 0 Å². The second-order valence-corrected chi connectivity index (χ2v) is 4.23. The summed E-state index contributed by atoms with van der Waals surface area (Å²) in [5.74, 6) is 1.06. The fourth-order valence-corrected chi connectivity index (χ4v) is 1.86. The van der Waals surface area contributed by atoms with Gasteiger partial charge in [-0.25, -0.2) is 4.98 Å². The van der Waals surface area contributed by atoms with Crippen LogP contribution in [0.1, 0.15) is 23.5 Å². The van der Waals surface area contributed by atoms with Crippen molar-refractivity contribution in [2.45, 2.75) is 26.3 Å². The van der Waals surface area contributed by atoms with Crippen LogP contribution in [0.15, 0.2) is 18.6 Å². The molecule has 2 heterocycles. The van der Waals surface area contributed by atoms with Gasteiger partial charge >= 0.3 is 0 Å². The van der Waals surface area contributed by atoms with Gasteiger partial charge in [0.1, 0.15) is 5.82 Å². The smallest absolute Gasteiger partial charge is 0.106 e. The molecule has 0 bridgehead atoms. The molecule has 0 spiro atoms. The van der Waals surface area contributed by atoms with Gasteiger partial charge in [-0.3, -0.25) is 4.68 Å². The number of H-pyrrole nitrogens is 1. The van der Waals surface area contributed by atoms with Crippen molar-refractivity contribution in [2.75, 3.05) is 6.54 Å². The highest BCUT2D eigenvalue weighted by Gasteiger charge is 2.01. The van der Waals surface area contributed by atoms with E-state index < -0.39 is 0 Å². The van der Waals surface area contributed by atoms with Gasteiger partial charge in [0, 0.05) is 44.2 Å². The van der Waals surface area contributed by atoms with Crippen molar-refractivity contribution in [3.63, 3.8) is 0 Å². The second-order valence-electron chi connectivity index (χ2n) is 4.23. The van der Waals surface area contributed by atoms with Crippen LogP contribution in [0.25, 0.3) is 0 Å². The molecule has 17 heavy (non-hydrogen) atoms. The third-order valence-electron chi connectivity index (χ3n) is 2.75. The summed E-state index contributed by atoms with van der Waals surface area (Å²) in [6.07, 6.45) is 7.80. The molecule has 0 saturated carbocycles. The molecule has 0 radical (unpaired) electrons. The van der Waals surface area contributed by atoms with Crippen LogP contribution in [0.3, 0.4) is 0 Å². The lowest BCUT2D eigenvalue weighted by atomic mass is 10.2. The van der Waals surface area contributed by atoms with E-state index in [1.165, 1.54) is 5.56 Å². The molecule has 0 aliphatic carbocycles. The molecule has 0 unspecified atom stereocenters. The summed E-state index contributed by atoms with van der Waals surface area (Å²) in [5.41, 5.74) is 2.37. The number of nitrogens with zero attached hydrogens (tertiary/aromatic N) is 3. The lowest BCUT2D eigenvalue weighted by Crippen LogP contribution is -2.15. The van der Waals surface area contributed by atoms with E-state index in [-0.39, 0.29) is 0 Å². The van der Waals surface area contributed by atoms with E-state index in [0.717, 1.165) is 37.4 Å². The Bertz CT molecular complexity index is 443. The number of hydrogen-bond acceptors (Lipinski definition) is 3. The molecule has 2 rings (SSSR count). The zero-order valence-electron chi connectivity index (χ0n) is 10.4. The van der Waals surface area contributed by atoms with Gasteiger partial charge in [-0.05, 0) is 19.9 Å². The Balaban J connectivity index is 1.65. The first-order valence-corrected chi connectivity index (χ1v) is 5.94. The molecule has 0 aliphatic rings. The van der Waals surface area contributed by atoms with E-state index in [2.05, 4.69) is 26.6 Å². The standard InChI is InChI=1S/C12H19N5/c1-10-11(9-17(2)16-10)8-13-5-3-4-12-14-6-7-15-12/h6-7,9,13H,3-5,8H2,1-2H3,(H,14,15). The van der Waals surface area contributed by atoms with Crippen LogP contribution in [0.5, 0.6) is 0 Å². The van der Waals surface area contributed by atoms with E-state index in [4.69, 9.17) is 0 Å². The summed E-state index contributed by atoms with van der Waals surface area (Å²) in [6, 6.07) is 0. The van der Waals surface area contributed by atoms with Crippen LogP contribution >= 0.6 is 0 Å². The first-order chi connectivity index (χ1) is 8.25. The molecule has 92 valence electrons. The molecule has 2 aromatic rings. The second kappa shape index (κ2) is 5.63. The molecule has 0 amide bonds. The molecule has 0 aliphatic heterocycles. The molecule has 2 aromatic heterocycles. The van der Waals surface area contributed by atoms with Gasteiger partial charge in [0.2, 0.25) is 0 Å². The summed E-state index contributed by atoms with van der Waals surface area (Å²) < 4.78 is 1.86. The zero-order chi connectivity index (χ0) is 12.1. The van der Waals surface area contributed by atoms with Crippen molar-refractivity contribution in [3.05, 3.63) is 35.7 Å². The number of nitrogens with one attached hydrogen (secondary N) is 2. The average molecular weight is 233 g/mol. The number of hydrogen-bond donors (Lipinski definition) is 2. The third-order valence-corrected chi connectivity index (χ3v) is 2.75. The third kappa shape index (κ3) is 3.42. The molecule has 5 nitrogen and oxygen atoms in total.